The van der Waals surface area contributed by atoms with Crippen molar-refractivity contribution in [3.8, 4) is 0 Å². The third-order valence-electron chi connectivity index (χ3n) is 3.74. The van der Waals surface area contributed by atoms with Gasteiger partial charge in [0.2, 0.25) is 0 Å². The molecule has 0 bridgehead atoms. The maximum atomic E-state index is 4.59. The van der Waals surface area contributed by atoms with Gasteiger partial charge in [-0.15, -0.1) is 0 Å². The average Bonchev–Trinajstić information content (AvgIpc) is 2.41. The van der Waals surface area contributed by atoms with Crippen molar-refractivity contribution in [2.45, 2.75) is 40.7 Å². The van der Waals surface area contributed by atoms with E-state index in [0.717, 1.165) is 48.2 Å². The lowest BCUT2D eigenvalue weighted by atomic mass is 10.0. The molecule has 0 saturated heterocycles. The summed E-state index contributed by atoms with van der Waals surface area (Å²) in [5, 5.41) is 0. The summed E-state index contributed by atoms with van der Waals surface area (Å²) in [6, 6.07) is 0. The van der Waals surface area contributed by atoms with Crippen molar-refractivity contribution in [1.29, 1.82) is 0 Å². The first-order chi connectivity index (χ1) is 9.54. The predicted octanol–water partition coefficient (Wildman–Crippen LogP) is 2.06. The van der Waals surface area contributed by atoms with E-state index >= 15 is 0 Å². The van der Waals surface area contributed by atoms with Gasteiger partial charge in [-0.25, -0.2) is 19.9 Å². The van der Waals surface area contributed by atoms with E-state index in [0.29, 0.717) is 0 Å². The zero-order valence-electron chi connectivity index (χ0n) is 12.4. The smallest absolute Gasteiger partial charge is 0.135 e. The lowest BCUT2D eigenvalue weighted by Gasteiger charge is -2.31. The highest BCUT2D eigenvalue weighted by Crippen LogP contribution is 2.25. The van der Waals surface area contributed by atoms with E-state index in [4.69, 9.17) is 0 Å². The van der Waals surface area contributed by atoms with Crippen LogP contribution in [0, 0.1) is 27.7 Å². The topological polar surface area (TPSA) is 54.8 Å². The van der Waals surface area contributed by atoms with Crippen LogP contribution in [0.1, 0.15) is 34.2 Å². The molecule has 0 spiro atoms. The van der Waals surface area contributed by atoms with Crippen LogP contribution in [-0.4, -0.2) is 26.5 Å². The summed E-state index contributed by atoms with van der Waals surface area (Å²) < 4.78 is 0. The van der Waals surface area contributed by atoms with Crippen molar-refractivity contribution < 1.29 is 0 Å². The molecule has 0 fully saturated rings. The summed E-state index contributed by atoms with van der Waals surface area (Å²) in [5.74, 6) is 2.71. The third-order valence-corrected chi connectivity index (χ3v) is 3.74. The Morgan fingerprint density at radius 1 is 1.00 bits per heavy atom. The summed E-state index contributed by atoms with van der Waals surface area (Å²) in [7, 11) is 0. The van der Waals surface area contributed by atoms with E-state index in [1.54, 1.807) is 0 Å². The zero-order valence-corrected chi connectivity index (χ0v) is 12.4. The Hall–Kier alpha value is -2.04. The van der Waals surface area contributed by atoms with Gasteiger partial charge in [-0.05, 0) is 27.7 Å². The monoisotopic (exact) mass is 269 g/mol. The molecule has 20 heavy (non-hydrogen) atoms. The fraction of sp³-hybridized carbons (Fsp3) is 0.467. The highest BCUT2D eigenvalue weighted by molar-refractivity contribution is 5.48. The lowest BCUT2D eigenvalue weighted by Crippen LogP contribution is -2.33. The molecule has 0 aliphatic carbocycles. The van der Waals surface area contributed by atoms with Gasteiger partial charge in [0.15, 0.2) is 0 Å². The Morgan fingerprint density at radius 3 is 2.60 bits per heavy atom. The van der Waals surface area contributed by atoms with Crippen molar-refractivity contribution in [3.05, 3.63) is 40.4 Å². The quantitative estimate of drug-likeness (QED) is 0.793. The van der Waals surface area contributed by atoms with Crippen LogP contribution in [0.4, 0.5) is 5.82 Å². The minimum atomic E-state index is 0.813. The summed E-state index contributed by atoms with van der Waals surface area (Å²) in [4.78, 5) is 20.2. The van der Waals surface area contributed by atoms with Gasteiger partial charge in [0.25, 0.3) is 0 Å². The number of hydrogen-bond acceptors (Lipinski definition) is 5. The van der Waals surface area contributed by atoms with Crippen LogP contribution in [-0.2, 0) is 13.0 Å². The largest absolute Gasteiger partial charge is 0.351 e. The van der Waals surface area contributed by atoms with Crippen molar-refractivity contribution >= 4 is 5.82 Å². The molecule has 0 saturated carbocycles. The van der Waals surface area contributed by atoms with E-state index in [1.165, 1.54) is 11.3 Å². The molecule has 0 atom stereocenters. The molecule has 2 aromatic rings. The second-order valence-corrected chi connectivity index (χ2v) is 5.38. The standard InChI is InChI=1S/C15H19N5/c1-9-7-16-11(3)19-15(9)20-6-5-14-13(8-20)10(2)17-12(4)18-14/h7H,5-6,8H2,1-4H3. The number of fused-ring (bicyclic) bond motifs is 1. The Labute approximate surface area is 119 Å². The molecule has 3 rings (SSSR count). The molecular weight excluding hydrogens is 250 g/mol. The first kappa shape index (κ1) is 13.0. The summed E-state index contributed by atoms with van der Waals surface area (Å²) in [6.45, 7) is 9.78. The van der Waals surface area contributed by atoms with Crippen LogP contribution in [0.3, 0.4) is 0 Å². The van der Waals surface area contributed by atoms with Crippen LogP contribution in [0.2, 0.25) is 0 Å². The molecule has 0 aromatic carbocycles. The van der Waals surface area contributed by atoms with Gasteiger partial charge in [-0.1, -0.05) is 0 Å². The normalized spacial score (nSPS) is 14.3. The molecule has 1 aliphatic heterocycles. The van der Waals surface area contributed by atoms with Crippen LogP contribution in [0.25, 0.3) is 0 Å². The molecule has 0 N–H and O–H groups in total. The number of aryl methyl sites for hydroxylation is 4. The van der Waals surface area contributed by atoms with Crippen molar-refractivity contribution in [2.24, 2.45) is 0 Å². The first-order valence-corrected chi connectivity index (χ1v) is 6.93. The van der Waals surface area contributed by atoms with E-state index in [-0.39, 0.29) is 0 Å². The van der Waals surface area contributed by atoms with Gasteiger partial charge in [-0.2, -0.15) is 0 Å². The molecule has 0 radical (unpaired) electrons. The van der Waals surface area contributed by atoms with Crippen LogP contribution in [0.5, 0.6) is 0 Å². The van der Waals surface area contributed by atoms with Gasteiger partial charge in [-0.3, -0.25) is 0 Å². The lowest BCUT2D eigenvalue weighted by molar-refractivity contribution is 0.679. The number of anilines is 1. The average molecular weight is 269 g/mol. The van der Waals surface area contributed by atoms with Crippen molar-refractivity contribution in [2.75, 3.05) is 11.4 Å². The molecule has 0 unspecified atom stereocenters. The predicted molar refractivity (Wildman–Crippen MR) is 77.8 cm³/mol. The number of aromatic nitrogens is 4. The SMILES string of the molecule is Cc1nc(C)c2c(n1)CCN(c1nc(C)ncc1C)C2. The first-order valence-electron chi connectivity index (χ1n) is 6.93. The minimum absolute atomic E-state index is 0.813. The molecule has 2 aromatic heterocycles. The van der Waals surface area contributed by atoms with E-state index in [1.807, 2.05) is 20.0 Å². The highest BCUT2D eigenvalue weighted by Gasteiger charge is 2.22. The molecule has 0 amide bonds. The van der Waals surface area contributed by atoms with Crippen molar-refractivity contribution in [3.63, 3.8) is 0 Å². The molecule has 5 heteroatoms. The molecule has 3 heterocycles. The minimum Gasteiger partial charge on any atom is -0.351 e. The Morgan fingerprint density at radius 2 is 1.80 bits per heavy atom. The Balaban J connectivity index is 1.98. The summed E-state index contributed by atoms with van der Waals surface area (Å²) >= 11 is 0. The van der Waals surface area contributed by atoms with E-state index in [9.17, 15) is 0 Å². The highest BCUT2D eigenvalue weighted by atomic mass is 15.2. The number of nitrogens with zero attached hydrogens (tertiary/aromatic N) is 5. The van der Waals surface area contributed by atoms with Crippen LogP contribution >= 0.6 is 0 Å². The summed E-state index contributed by atoms with van der Waals surface area (Å²) in [6.07, 6.45) is 2.84. The fourth-order valence-corrected chi connectivity index (χ4v) is 2.75. The van der Waals surface area contributed by atoms with Gasteiger partial charge in [0.05, 0.1) is 5.69 Å². The van der Waals surface area contributed by atoms with Crippen molar-refractivity contribution in [1.82, 2.24) is 19.9 Å². The van der Waals surface area contributed by atoms with Crippen LogP contribution < -0.4 is 4.90 Å². The second-order valence-electron chi connectivity index (χ2n) is 5.38. The van der Waals surface area contributed by atoms with Gasteiger partial charge in [0, 0.05) is 42.5 Å². The number of hydrogen-bond donors (Lipinski definition) is 0. The Bertz CT molecular complexity index is 666. The molecule has 1 aliphatic rings. The second kappa shape index (κ2) is 4.81. The molecule has 5 nitrogen and oxygen atoms in total. The fourth-order valence-electron chi connectivity index (χ4n) is 2.75. The zero-order chi connectivity index (χ0) is 14.3. The van der Waals surface area contributed by atoms with E-state index in [2.05, 4.69) is 38.7 Å². The van der Waals surface area contributed by atoms with Crippen LogP contribution in [0.15, 0.2) is 6.20 Å². The van der Waals surface area contributed by atoms with Gasteiger partial charge >= 0.3 is 0 Å². The summed E-state index contributed by atoms with van der Waals surface area (Å²) in [5.41, 5.74) is 4.64. The molecule has 104 valence electrons. The third kappa shape index (κ3) is 2.24. The number of rotatable bonds is 1. The van der Waals surface area contributed by atoms with Gasteiger partial charge < -0.3 is 4.90 Å². The van der Waals surface area contributed by atoms with Gasteiger partial charge in [0.1, 0.15) is 17.5 Å². The maximum absolute atomic E-state index is 4.59. The van der Waals surface area contributed by atoms with E-state index < -0.39 is 0 Å². The maximum Gasteiger partial charge on any atom is 0.135 e. The molecular formula is C15H19N5. The Kier molecular flexibility index (Phi) is 3.12.